The number of hydrogen-bond donors (Lipinski definition) is 1. The normalized spacial score (nSPS) is 25.1. The number of hydrogen-bond acceptors (Lipinski definition) is 6. The van der Waals surface area contributed by atoms with Gasteiger partial charge in [0.1, 0.15) is 11.2 Å². The van der Waals surface area contributed by atoms with Crippen LogP contribution in [0.4, 0.5) is 8.78 Å². The van der Waals surface area contributed by atoms with E-state index in [1.165, 1.54) is 6.20 Å². The van der Waals surface area contributed by atoms with Gasteiger partial charge in [-0.05, 0) is 32.6 Å². The van der Waals surface area contributed by atoms with Crippen molar-refractivity contribution in [1.29, 1.82) is 0 Å². The number of fused-ring (bicyclic) bond motifs is 1. The second-order valence-electron chi connectivity index (χ2n) is 7.83. The van der Waals surface area contributed by atoms with Crippen molar-refractivity contribution in [2.75, 3.05) is 0 Å². The summed E-state index contributed by atoms with van der Waals surface area (Å²) in [5.41, 5.74) is 0.195. The van der Waals surface area contributed by atoms with E-state index in [0.717, 1.165) is 12.8 Å². The van der Waals surface area contributed by atoms with Crippen LogP contribution >= 0.6 is 0 Å². The highest BCUT2D eigenvalue weighted by Gasteiger charge is 2.40. The van der Waals surface area contributed by atoms with Crippen LogP contribution in [0.3, 0.4) is 0 Å². The van der Waals surface area contributed by atoms with E-state index in [1.807, 2.05) is 0 Å². The Bertz CT molecular complexity index is 1080. The van der Waals surface area contributed by atoms with Crippen molar-refractivity contribution in [3.8, 4) is 0 Å². The van der Waals surface area contributed by atoms with Gasteiger partial charge in [-0.25, -0.2) is 18.4 Å². The minimum atomic E-state index is -2.61. The molecule has 0 aliphatic heterocycles. The van der Waals surface area contributed by atoms with Crippen LogP contribution in [0.1, 0.15) is 73.9 Å². The molecule has 2 atom stereocenters. The van der Waals surface area contributed by atoms with Gasteiger partial charge in [0.05, 0.1) is 12.2 Å². The second kappa shape index (κ2) is 6.18. The number of halogens is 2. The molecule has 10 heteroatoms. The summed E-state index contributed by atoms with van der Waals surface area (Å²) in [5, 5.41) is 8.52. The third kappa shape index (κ3) is 2.82. The van der Waals surface area contributed by atoms with Crippen molar-refractivity contribution in [3.05, 3.63) is 34.1 Å². The first-order chi connectivity index (χ1) is 13.4. The summed E-state index contributed by atoms with van der Waals surface area (Å²) in [7, 11) is 0. The highest BCUT2D eigenvalue weighted by atomic mass is 19.3. The zero-order valence-corrected chi connectivity index (χ0v) is 15.4. The van der Waals surface area contributed by atoms with E-state index >= 15 is 0 Å². The molecular weight excluding hydrogens is 370 g/mol. The number of H-pyrrole nitrogens is 1. The number of rotatable bonds is 3. The quantitative estimate of drug-likeness (QED) is 0.737. The first-order valence-corrected chi connectivity index (χ1v) is 9.57. The van der Waals surface area contributed by atoms with E-state index in [2.05, 4.69) is 25.2 Å². The Morgan fingerprint density at radius 1 is 1.18 bits per heavy atom. The molecular formula is C18H20F2N6O2. The van der Waals surface area contributed by atoms with Gasteiger partial charge in [0.15, 0.2) is 11.5 Å². The lowest BCUT2D eigenvalue weighted by Gasteiger charge is -2.33. The van der Waals surface area contributed by atoms with Crippen molar-refractivity contribution in [1.82, 2.24) is 29.9 Å². The average Bonchev–Trinajstić information content (AvgIpc) is 3.21. The minimum absolute atomic E-state index is 0.0176. The Kier molecular flexibility index (Phi) is 3.85. The molecule has 0 saturated heterocycles. The SMILES string of the molecule is Cc1noc(C2CC[C@@H]2c2nc3c(cnn3C3CCC(F)(F)CC3)c(=O)[nH]2)n1. The van der Waals surface area contributed by atoms with Gasteiger partial charge in [0.25, 0.3) is 5.56 Å². The molecule has 0 radical (unpaired) electrons. The molecule has 2 aliphatic carbocycles. The molecule has 2 aliphatic rings. The van der Waals surface area contributed by atoms with E-state index in [0.29, 0.717) is 41.4 Å². The number of nitrogens with zero attached hydrogens (tertiary/aromatic N) is 5. The van der Waals surface area contributed by atoms with Gasteiger partial charge in [-0.1, -0.05) is 5.16 Å². The standard InChI is InChI=1S/C18H20F2N6O2/c1-9-22-17(28-25-9)12-3-2-11(12)14-23-15-13(16(27)24-14)8-21-26(15)10-4-6-18(19,20)7-5-10/h8,10-12H,2-7H2,1H3,(H,23,24,27)/t11-,12?/m0/s1. The maximum absolute atomic E-state index is 13.5. The van der Waals surface area contributed by atoms with E-state index in [9.17, 15) is 13.6 Å². The zero-order chi connectivity index (χ0) is 19.5. The summed E-state index contributed by atoms with van der Waals surface area (Å²) in [6.07, 6.45) is 3.50. The maximum Gasteiger partial charge on any atom is 0.262 e. The molecule has 0 spiro atoms. The summed E-state index contributed by atoms with van der Waals surface area (Å²) in [6.45, 7) is 1.76. The molecule has 5 rings (SSSR count). The Morgan fingerprint density at radius 2 is 1.93 bits per heavy atom. The fraction of sp³-hybridized carbons (Fsp3) is 0.611. The van der Waals surface area contributed by atoms with Gasteiger partial charge in [-0.2, -0.15) is 10.1 Å². The monoisotopic (exact) mass is 390 g/mol. The van der Waals surface area contributed by atoms with Gasteiger partial charge < -0.3 is 9.51 Å². The fourth-order valence-corrected chi connectivity index (χ4v) is 4.25. The minimum Gasteiger partial charge on any atom is -0.339 e. The molecule has 2 fully saturated rings. The lowest BCUT2D eigenvalue weighted by molar-refractivity contribution is -0.0446. The first-order valence-electron chi connectivity index (χ1n) is 9.57. The largest absolute Gasteiger partial charge is 0.339 e. The third-order valence-electron chi connectivity index (χ3n) is 6.00. The maximum atomic E-state index is 13.5. The van der Waals surface area contributed by atoms with Gasteiger partial charge in [0, 0.05) is 24.7 Å². The van der Waals surface area contributed by atoms with E-state index in [1.54, 1.807) is 11.6 Å². The molecule has 0 bridgehead atoms. The predicted octanol–water partition coefficient (Wildman–Crippen LogP) is 3.22. The molecule has 148 valence electrons. The summed E-state index contributed by atoms with van der Waals surface area (Å²) >= 11 is 0. The Balaban J connectivity index is 1.49. The number of nitrogens with one attached hydrogen (secondary N) is 1. The van der Waals surface area contributed by atoms with Crippen molar-refractivity contribution in [2.45, 2.75) is 69.2 Å². The van der Waals surface area contributed by atoms with Crippen LogP contribution in [0.2, 0.25) is 0 Å². The topological polar surface area (TPSA) is 102 Å². The van der Waals surface area contributed by atoms with Crippen LogP contribution in [0.25, 0.3) is 11.0 Å². The van der Waals surface area contributed by atoms with Gasteiger partial charge >= 0.3 is 0 Å². The molecule has 1 unspecified atom stereocenters. The molecule has 28 heavy (non-hydrogen) atoms. The number of aromatic amines is 1. The van der Waals surface area contributed by atoms with Crippen molar-refractivity contribution < 1.29 is 13.3 Å². The van der Waals surface area contributed by atoms with Crippen LogP contribution in [-0.2, 0) is 0 Å². The van der Waals surface area contributed by atoms with E-state index < -0.39 is 5.92 Å². The van der Waals surface area contributed by atoms with Crippen LogP contribution in [0.15, 0.2) is 15.5 Å². The lowest BCUT2D eigenvalue weighted by atomic mass is 9.73. The van der Waals surface area contributed by atoms with Crippen molar-refractivity contribution in [2.24, 2.45) is 0 Å². The first kappa shape index (κ1) is 17.4. The van der Waals surface area contributed by atoms with Crippen LogP contribution in [0.5, 0.6) is 0 Å². The molecule has 0 amide bonds. The molecule has 3 aromatic heterocycles. The lowest BCUT2D eigenvalue weighted by Crippen LogP contribution is -2.28. The molecule has 8 nitrogen and oxygen atoms in total. The Labute approximate surface area is 158 Å². The smallest absolute Gasteiger partial charge is 0.262 e. The van der Waals surface area contributed by atoms with Crippen molar-refractivity contribution >= 4 is 11.0 Å². The van der Waals surface area contributed by atoms with Crippen LogP contribution in [0, 0.1) is 6.92 Å². The number of aromatic nitrogens is 6. The molecule has 1 N–H and O–H groups in total. The molecule has 0 aromatic carbocycles. The molecule has 2 saturated carbocycles. The fourth-order valence-electron chi connectivity index (χ4n) is 4.25. The summed E-state index contributed by atoms with van der Waals surface area (Å²) < 4.78 is 34.0. The van der Waals surface area contributed by atoms with Gasteiger partial charge in [0.2, 0.25) is 11.8 Å². The predicted molar refractivity (Wildman–Crippen MR) is 94.4 cm³/mol. The van der Waals surface area contributed by atoms with E-state index in [4.69, 9.17) is 4.52 Å². The summed E-state index contributed by atoms with van der Waals surface area (Å²) in [5.74, 6) is -0.920. The summed E-state index contributed by atoms with van der Waals surface area (Å²) in [6, 6.07) is -0.171. The van der Waals surface area contributed by atoms with Gasteiger partial charge in [-0.3, -0.25) is 4.79 Å². The zero-order valence-electron chi connectivity index (χ0n) is 15.4. The van der Waals surface area contributed by atoms with Crippen LogP contribution in [-0.4, -0.2) is 35.8 Å². The van der Waals surface area contributed by atoms with Gasteiger partial charge in [-0.15, -0.1) is 0 Å². The Morgan fingerprint density at radius 3 is 2.57 bits per heavy atom. The second-order valence-corrected chi connectivity index (χ2v) is 7.83. The highest BCUT2D eigenvalue weighted by molar-refractivity contribution is 5.73. The number of aryl methyl sites for hydroxylation is 1. The van der Waals surface area contributed by atoms with Crippen LogP contribution < -0.4 is 5.56 Å². The Hall–Kier alpha value is -2.65. The summed E-state index contributed by atoms with van der Waals surface area (Å²) in [4.78, 5) is 24.4. The highest BCUT2D eigenvalue weighted by Crippen LogP contribution is 2.47. The molecule has 3 aromatic rings. The van der Waals surface area contributed by atoms with Crippen molar-refractivity contribution in [3.63, 3.8) is 0 Å². The third-order valence-corrected chi connectivity index (χ3v) is 6.00. The average molecular weight is 390 g/mol. The number of alkyl halides is 2. The van der Waals surface area contributed by atoms with E-state index in [-0.39, 0.29) is 36.3 Å². The molecule has 3 heterocycles.